The van der Waals surface area contributed by atoms with E-state index in [1.807, 2.05) is 35.4 Å². The van der Waals surface area contributed by atoms with E-state index in [9.17, 15) is 9.90 Å². The molecule has 0 spiro atoms. The van der Waals surface area contributed by atoms with Gasteiger partial charge in [-0.2, -0.15) is 0 Å². The van der Waals surface area contributed by atoms with E-state index in [1.165, 1.54) is 11.8 Å². The summed E-state index contributed by atoms with van der Waals surface area (Å²) in [5, 5.41) is 11.6. The third-order valence-electron chi connectivity index (χ3n) is 4.76. The topological polar surface area (TPSA) is 62.1 Å². The van der Waals surface area contributed by atoms with Crippen molar-refractivity contribution in [1.82, 2.24) is 4.90 Å². The summed E-state index contributed by atoms with van der Waals surface area (Å²) < 4.78 is 5.51. The number of thioether (sulfide) groups is 1. The summed E-state index contributed by atoms with van der Waals surface area (Å²) in [5.41, 5.74) is 2.09. The van der Waals surface area contributed by atoms with Gasteiger partial charge < -0.3 is 14.7 Å². The van der Waals surface area contributed by atoms with E-state index in [0.717, 1.165) is 10.5 Å². The van der Waals surface area contributed by atoms with Gasteiger partial charge in [0.1, 0.15) is 5.75 Å². The summed E-state index contributed by atoms with van der Waals surface area (Å²) in [6.07, 6.45) is 1.85. The Bertz CT molecular complexity index is 1100. The number of carbonyl (C=O) groups is 1. The van der Waals surface area contributed by atoms with Crippen molar-refractivity contribution in [3.63, 3.8) is 0 Å². The number of nitrogens with zero attached hydrogens (tertiary/aromatic N) is 2. The maximum atomic E-state index is 12.1. The zero-order valence-corrected chi connectivity index (χ0v) is 22.1. The average Bonchev–Trinajstić information content (AvgIpc) is 3.09. The second-order valence-corrected chi connectivity index (χ2v) is 8.27. The number of aliphatic carboxylic acids is 1. The molecule has 164 valence electrons. The Labute approximate surface area is 215 Å². The monoisotopic (exact) mass is 606 g/mol. The first-order chi connectivity index (χ1) is 13.9. The van der Waals surface area contributed by atoms with Gasteiger partial charge in [0.2, 0.25) is 0 Å². The summed E-state index contributed by atoms with van der Waals surface area (Å²) in [5.74, 6) is -0.420. The molecule has 4 rings (SSSR count). The van der Waals surface area contributed by atoms with Gasteiger partial charge >= 0.3 is 5.97 Å². The van der Waals surface area contributed by atoms with Gasteiger partial charge in [-0.05, 0) is 36.9 Å². The Kier molecular flexibility index (Phi) is 8.69. The van der Waals surface area contributed by atoms with Crippen LogP contribution in [0.2, 0.25) is 10.0 Å². The highest BCUT2D eigenvalue weighted by atomic mass is 79.9. The zero-order chi connectivity index (χ0) is 20.7. The number of ether oxygens (including phenoxy) is 1. The normalized spacial score (nSPS) is 17.2. The molecule has 0 aromatic heterocycles. The molecule has 5 nitrogen and oxygen atoms in total. The van der Waals surface area contributed by atoms with Gasteiger partial charge in [-0.25, -0.2) is 9.79 Å². The van der Waals surface area contributed by atoms with Crippen LogP contribution in [0.25, 0.3) is 4.91 Å². The minimum absolute atomic E-state index is 0. The smallest absolute Gasteiger partial charge is 0.335 e. The molecule has 2 aliphatic heterocycles. The number of halogens is 4. The van der Waals surface area contributed by atoms with E-state index in [2.05, 4.69) is 4.99 Å². The first kappa shape index (κ1) is 25.8. The molecular formula is C21H18Br2Cl2N2O3S. The van der Waals surface area contributed by atoms with Gasteiger partial charge in [0.25, 0.3) is 0 Å². The van der Waals surface area contributed by atoms with E-state index < -0.39 is 12.0 Å². The average molecular weight is 609 g/mol. The fraction of sp³-hybridized carbons (Fsp3) is 0.143. The van der Waals surface area contributed by atoms with E-state index in [4.69, 9.17) is 27.9 Å². The summed E-state index contributed by atoms with van der Waals surface area (Å²) in [4.78, 5) is 19.3. The second kappa shape index (κ2) is 10.4. The van der Waals surface area contributed by atoms with Gasteiger partial charge in [-0.15, -0.1) is 34.0 Å². The molecule has 0 bridgehead atoms. The van der Waals surface area contributed by atoms with Crippen molar-refractivity contribution >= 4 is 85.0 Å². The van der Waals surface area contributed by atoms with Crippen LogP contribution in [0.3, 0.4) is 0 Å². The molecule has 0 fully saturated rings. The molecule has 2 aliphatic rings. The summed E-state index contributed by atoms with van der Waals surface area (Å²) in [7, 11) is 1.57. The number of benzene rings is 2. The van der Waals surface area contributed by atoms with Gasteiger partial charge in [0.05, 0.1) is 34.5 Å². The molecule has 0 amide bonds. The van der Waals surface area contributed by atoms with Crippen LogP contribution in [0, 0.1) is 0 Å². The first-order valence-corrected chi connectivity index (χ1v) is 10.3. The van der Waals surface area contributed by atoms with Gasteiger partial charge in [0, 0.05) is 22.2 Å². The Morgan fingerprint density at radius 3 is 2.39 bits per heavy atom. The SMILES string of the molecule is Br.Br.COc1ccccc1[C@H]1C(C(=O)O)=C(C)N=C2SC(c3c(Cl)cccc3Cl)=CN21. The predicted molar refractivity (Wildman–Crippen MR) is 138 cm³/mol. The first-order valence-electron chi connectivity index (χ1n) is 8.70. The summed E-state index contributed by atoms with van der Waals surface area (Å²) >= 11 is 14.2. The lowest BCUT2D eigenvalue weighted by Crippen LogP contribution is -2.33. The van der Waals surface area contributed by atoms with Crippen LogP contribution < -0.4 is 4.74 Å². The highest BCUT2D eigenvalue weighted by Gasteiger charge is 2.40. The molecule has 2 aromatic rings. The number of para-hydroxylation sites is 1. The van der Waals surface area contributed by atoms with Crippen molar-refractivity contribution < 1.29 is 14.6 Å². The molecule has 0 saturated heterocycles. The van der Waals surface area contributed by atoms with Crippen LogP contribution in [-0.2, 0) is 4.79 Å². The van der Waals surface area contributed by atoms with Crippen LogP contribution >= 0.6 is 68.9 Å². The van der Waals surface area contributed by atoms with E-state index in [0.29, 0.717) is 32.2 Å². The minimum atomic E-state index is -1.02. The summed E-state index contributed by atoms with van der Waals surface area (Å²) in [6, 6.07) is 12.1. The highest BCUT2D eigenvalue weighted by Crippen LogP contribution is 2.49. The van der Waals surface area contributed by atoms with Crippen LogP contribution in [0.1, 0.15) is 24.1 Å². The van der Waals surface area contributed by atoms with E-state index >= 15 is 0 Å². The number of amidine groups is 1. The Morgan fingerprint density at radius 2 is 1.77 bits per heavy atom. The fourth-order valence-corrected chi connectivity index (χ4v) is 5.33. The maximum absolute atomic E-state index is 12.1. The van der Waals surface area contributed by atoms with Gasteiger partial charge in [-0.3, -0.25) is 0 Å². The number of fused-ring (bicyclic) bond motifs is 1. The number of allylic oxidation sites excluding steroid dienone is 1. The van der Waals surface area contributed by atoms with Gasteiger partial charge in [0.15, 0.2) is 5.17 Å². The highest BCUT2D eigenvalue weighted by molar-refractivity contribution is 8.93. The van der Waals surface area contributed by atoms with Crippen molar-refractivity contribution in [2.45, 2.75) is 13.0 Å². The molecule has 2 aromatic carbocycles. The predicted octanol–water partition coefficient (Wildman–Crippen LogP) is 6.97. The number of carboxylic acid groups (broad SMARTS) is 1. The molecule has 0 radical (unpaired) electrons. The van der Waals surface area contributed by atoms with Crippen LogP contribution in [0.15, 0.2) is 64.9 Å². The molecule has 1 N–H and O–H groups in total. The number of carboxylic acids is 1. The number of methoxy groups -OCH3 is 1. The molecule has 0 aliphatic carbocycles. The number of hydrogen-bond acceptors (Lipinski definition) is 5. The van der Waals surface area contributed by atoms with Crippen molar-refractivity contribution in [1.29, 1.82) is 0 Å². The van der Waals surface area contributed by atoms with Crippen molar-refractivity contribution in [2.24, 2.45) is 4.99 Å². The van der Waals surface area contributed by atoms with Crippen LogP contribution in [0.5, 0.6) is 5.75 Å². The molecule has 10 heteroatoms. The Balaban J connectivity index is 0.00000171. The Morgan fingerprint density at radius 1 is 1.13 bits per heavy atom. The molecule has 1 atom stereocenters. The largest absolute Gasteiger partial charge is 0.496 e. The van der Waals surface area contributed by atoms with Crippen molar-refractivity contribution in [3.05, 3.63) is 81.1 Å². The Hall–Kier alpha value is -1.45. The lowest BCUT2D eigenvalue weighted by atomic mass is 9.94. The van der Waals surface area contributed by atoms with E-state index in [1.54, 1.807) is 32.2 Å². The number of rotatable bonds is 4. The molecule has 0 saturated carbocycles. The van der Waals surface area contributed by atoms with Gasteiger partial charge in [-0.1, -0.05) is 47.5 Å². The second-order valence-electron chi connectivity index (χ2n) is 6.44. The number of hydrogen-bond donors (Lipinski definition) is 1. The fourth-order valence-electron chi connectivity index (χ4n) is 3.48. The number of aliphatic imine (C=N–C) groups is 1. The third kappa shape index (κ3) is 4.68. The minimum Gasteiger partial charge on any atom is -0.496 e. The standard InChI is InChI=1S/C21H16Cl2N2O3S.2BrH/c1-11-17(20(26)27)19(12-6-3-4-9-15(12)28-2)25-10-16(29-21(25)24-11)18-13(22)7-5-8-14(18)23;;/h3-10,19H,1-2H3,(H,26,27);2*1H/t19-;;/m0../s1. The quantitative estimate of drug-likeness (QED) is 0.406. The lowest BCUT2D eigenvalue weighted by Gasteiger charge is -2.33. The van der Waals surface area contributed by atoms with Crippen LogP contribution in [0.4, 0.5) is 0 Å². The zero-order valence-electron chi connectivity index (χ0n) is 16.3. The molecule has 0 unspecified atom stereocenters. The molecular weight excluding hydrogens is 591 g/mol. The maximum Gasteiger partial charge on any atom is 0.335 e. The lowest BCUT2D eigenvalue weighted by molar-refractivity contribution is -0.133. The molecule has 31 heavy (non-hydrogen) atoms. The summed E-state index contributed by atoms with van der Waals surface area (Å²) in [6.45, 7) is 1.71. The third-order valence-corrected chi connectivity index (χ3v) is 6.40. The van der Waals surface area contributed by atoms with E-state index in [-0.39, 0.29) is 39.5 Å². The molecule has 2 heterocycles. The van der Waals surface area contributed by atoms with Crippen molar-refractivity contribution in [2.75, 3.05) is 7.11 Å². The van der Waals surface area contributed by atoms with Crippen molar-refractivity contribution in [3.8, 4) is 5.75 Å². The van der Waals surface area contributed by atoms with Crippen LogP contribution in [-0.4, -0.2) is 28.3 Å².